The molecule has 10 heteroatoms. The maximum Gasteiger partial charge on any atom is 0.283 e. The number of rotatable bonds is 12. The van der Waals surface area contributed by atoms with E-state index in [0.717, 1.165) is 35.6 Å². The molecule has 0 saturated heterocycles. The zero-order chi connectivity index (χ0) is 27.9. The number of aliphatic imine (C=N–C) groups is 1. The van der Waals surface area contributed by atoms with Crippen LogP contribution in [0.2, 0.25) is 10.0 Å². The fourth-order valence-electron chi connectivity index (χ4n) is 4.09. The molecule has 2 heterocycles. The minimum Gasteiger partial charge on any atom is -0.490 e. The fraction of sp³-hybridized carbons (Fsp3) is 0.379. The SMILES string of the molecule is CCCCCCCC1=NN2C(=N)/C(=C/c3cc(Cl)c(OCCOc4ccc(C)c(C)c4)c(Cl)c3)C(=O)N=C2S1. The van der Waals surface area contributed by atoms with Crippen molar-refractivity contribution in [1.29, 1.82) is 5.41 Å². The van der Waals surface area contributed by atoms with Gasteiger partial charge in [-0.1, -0.05) is 61.9 Å². The number of ether oxygens (including phenoxy) is 2. The fourth-order valence-corrected chi connectivity index (χ4v) is 5.63. The van der Waals surface area contributed by atoms with Crippen LogP contribution < -0.4 is 9.47 Å². The monoisotopic (exact) mass is 586 g/mol. The smallest absolute Gasteiger partial charge is 0.283 e. The number of benzene rings is 2. The first-order valence-corrected chi connectivity index (χ1v) is 14.6. The molecule has 7 nitrogen and oxygen atoms in total. The lowest BCUT2D eigenvalue weighted by molar-refractivity contribution is -0.114. The van der Waals surface area contributed by atoms with Crippen molar-refractivity contribution in [1.82, 2.24) is 5.01 Å². The maximum absolute atomic E-state index is 12.8. The number of halogens is 2. The van der Waals surface area contributed by atoms with Gasteiger partial charge in [0.25, 0.3) is 5.91 Å². The van der Waals surface area contributed by atoms with Crippen molar-refractivity contribution in [3.05, 3.63) is 62.6 Å². The maximum atomic E-state index is 12.8. The molecule has 0 fully saturated rings. The summed E-state index contributed by atoms with van der Waals surface area (Å²) in [5.74, 6) is 0.591. The van der Waals surface area contributed by atoms with Crippen molar-refractivity contribution in [2.45, 2.75) is 59.3 Å². The first kappa shape index (κ1) is 29.2. The second-order valence-corrected chi connectivity index (χ2v) is 11.3. The molecule has 2 aliphatic heterocycles. The molecule has 4 rings (SSSR count). The molecule has 2 aromatic rings. The van der Waals surface area contributed by atoms with Gasteiger partial charge in [-0.15, -0.1) is 0 Å². The Bertz CT molecular complexity index is 1330. The third-order valence-electron chi connectivity index (χ3n) is 6.40. The van der Waals surface area contributed by atoms with Gasteiger partial charge in [0.05, 0.1) is 15.6 Å². The van der Waals surface area contributed by atoms with Crippen LogP contribution in [0.4, 0.5) is 0 Å². The van der Waals surface area contributed by atoms with Gasteiger partial charge in [0.15, 0.2) is 11.6 Å². The Labute approximate surface area is 243 Å². The molecular weight excluding hydrogens is 555 g/mol. The number of aryl methyl sites for hydroxylation is 2. The van der Waals surface area contributed by atoms with E-state index in [1.165, 1.54) is 41.6 Å². The van der Waals surface area contributed by atoms with E-state index in [0.29, 0.717) is 33.1 Å². The van der Waals surface area contributed by atoms with Crippen LogP contribution in [-0.2, 0) is 4.79 Å². The summed E-state index contributed by atoms with van der Waals surface area (Å²) in [6.07, 6.45) is 8.17. The average Bonchev–Trinajstić information content (AvgIpc) is 3.30. The highest BCUT2D eigenvalue weighted by Crippen LogP contribution is 2.36. The molecule has 0 radical (unpaired) electrons. The number of hydrazone groups is 1. The molecule has 2 aromatic carbocycles. The summed E-state index contributed by atoms with van der Waals surface area (Å²) in [5, 5.41) is 16.4. The first-order valence-electron chi connectivity index (χ1n) is 13.1. The number of amides is 1. The highest BCUT2D eigenvalue weighted by molar-refractivity contribution is 8.26. The van der Waals surface area contributed by atoms with Gasteiger partial charge in [0.2, 0.25) is 5.17 Å². The number of nitrogens with zero attached hydrogens (tertiary/aromatic N) is 3. The molecule has 0 aromatic heterocycles. The molecule has 0 aliphatic carbocycles. The third-order valence-corrected chi connectivity index (χ3v) is 7.93. The summed E-state index contributed by atoms with van der Waals surface area (Å²) >= 11 is 14.3. The van der Waals surface area contributed by atoms with E-state index in [9.17, 15) is 4.79 Å². The second kappa shape index (κ2) is 13.5. The predicted octanol–water partition coefficient (Wildman–Crippen LogP) is 8.05. The predicted molar refractivity (Wildman–Crippen MR) is 162 cm³/mol. The van der Waals surface area contributed by atoms with Crippen LogP contribution in [0.1, 0.15) is 62.1 Å². The zero-order valence-electron chi connectivity index (χ0n) is 22.4. The van der Waals surface area contributed by atoms with Crippen LogP contribution in [0.3, 0.4) is 0 Å². The number of amidine groups is 2. The van der Waals surface area contributed by atoms with Crippen LogP contribution in [0.15, 0.2) is 46.0 Å². The summed E-state index contributed by atoms with van der Waals surface area (Å²) in [4.78, 5) is 16.9. The van der Waals surface area contributed by atoms with E-state index >= 15 is 0 Å². The van der Waals surface area contributed by atoms with Crippen molar-refractivity contribution < 1.29 is 14.3 Å². The Balaban J connectivity index is 1.38. The highest BCUT2D eigenvalue weighted by Gasteiger charge is 2.35. The van der Waals surface area contributed by atoms with Gasteiger partial charge in [-0.2, -0.15) is 15.1 Å². The topological polar surface area (TPSA) is 87.3 Å². The van der Waals surface area contributed by atoms with Crippen LogP contribution in [0.25, 0.3) is 6.08 Å². The largest absolute Gasteiger partial charge is 0.490 e. The van der Waals surface area contributed by atoms with Crippen LogP contribution in [0, 0.1) is 19.3 Å². The molecule has 206 valence electrons. The lowest BCUT2D eigenvalue weighted by Gasteiger charge is -2.20. The number of hydrogen-bond donors (Lipinski definition) is 1. The minimum atomic E-state index is -0.491. The molecule has 0 spiro atoms. The van der Waals surface area contributed by atoms with E-state index in [1.54, 1.807) is 18.2 Å². The normalized spacial score (nSPS) is 15.9. The summed E-state index contributed by atoms with van der Waals surface area (Å²) in [6.45, 7) is 6.85. The number of unbranched alkanes of at least 4 members (excludes halogenated alkanes) is 4. The van der Waals surface area contributed by atoms with Crippen molar-refractivity contribution in [2.24, 2.45) is 10.1 Å². The Morgan fingerprint density at radius 2 is 1.72 bits per heavy atom. The number of hydrogen-bond acceptors (Lipinski definition) is 6. The average molecular weight is 588 g/mol. The van der Waals surface area contributed by atoms with E-state index in [2.05, 4.69) is 23.9 Å². The number of fused-ring (bicyclic) bond motifs is 1. The number of nitrogens with one attached hydrogen (secondary N) is 1. The Kier molecular flexibility index (Phi) is 10.1. The van der Waals surface area contributed by atoms with Crippen LogP contribution in [0.5, 0.6) is 11.5 Å². The van der Waals surface area contributed by atoms with Crippen molar-refractivity contribution in [2.75, 3.05) is 13.2 Å². The summed E-state index contributed by atoms with van der Waals surface area (Å²) in [5.41, 5.74) is 3.04. The van der Waals surface area contributed by atoms with E-state index in [1.807, 2.05) is 25.1 Å². The molecule has 1 N–H and O–H groups in total. The van der Waals surface area contributed by atoms with E-state index in [-0.39, 0.29) is 18.0 Å². The lowest BCUT2D eigenvalue weighted by atomic mass is 10.1. The third kappa shape index (κ3) is 7.44. The number of carbonyl (C=O) groups excluding carboxylic acids is 1. The zero-order valence-corrected chi connectivity index (χ0v) is 24.7. The van der Waals surface area contributed by atoms with Gasteiger partial charge in [0, 0.05) is 0 Å². The Hall–Kier alpha value is -2.81. The highest BCUT2D eigenvalue weighted by atomic mass is 35.5. The standard InChI is InChI=1S/C29H32Cl2N4O3S/c1-4-5-6-7-8-9-25-34-35-27(32)22(28(36)33-29(35)39-25)15-20-16-23(30)26(24(31)17-20)38-13-12-37-21-11-10-18(2)19(3)14-21/h10-11,14-17,32H,4-9,12-13H2,1-3H3/b22-15-,32-27?. The quantitative estimate of drug-likeness (QED) is 0.201. The molecular formula is C29H32Cl2N4O3S. The van der Waals surface area contributed by atoms with Gasteiger partial charge in [0.1, 0.15) is 24.0 Å². The van der Waals surface area contributed by atoms with Gasteiger partial charge in [-0.05, 0) is 85.5 Å². The van der Waals surface area contributed by atoms with E-state index < -0.39 is 5.91 Å². The molecule has 1 amide bonds. The molecule has 2 aliphatic rings. The van der Waals surface area contributed by atoms with Gasteiger partial charge in [-0.3, -0.25) is 10.2 Å². The molecule has 0 atom stereocenters. The number of carbonyl (C=O) groups is 1. The Morgan fingerprint density at radius 3 is 2.44 bits per heavy atom. The number of thioether (sulfide) groups is 1. The minimum absolute atomic E-state index is 0.0189. The summed E-state index contributed by atoms with van der Waals surface area (Å²) in [7, 11) is 0. The van der Waals surface area contributed by atoms with Crippen LogP contribution >= 0.6 is 35.0 Å². The summed E-state index contributed by atoms with van der Waals surface area (Å²) < 4.78 is 11.5. The summed E-state index contributed by atoms with van der Waals surface area (Å²) in [6, 6.07) is 9.20. The van der Waals surface area contributed by atoms with Gasteiger partial charge in [-0.25, -0.2) is 0 Å². The van der Waals surface area contributed by atoms with Crippen molar-refractivity contribution in [3.63, 3.8) is 0 Å². The molecule has 0 unspecified atom stereocenters. The molecule has 0 bridgehead atoms. The lowest BCUT2D eigenvalue weighted by Crippen LogP contribution is -2.35. The van der Waals surface area contributed by atoms with Gasteiger partial charge < -0.3 is 9.47 Å². The van der Waals surface area contributed by atoms with E-state index in [4.69, 9.17) is 38.1 Å². The van der Waals surface area contributed by atoms with Crippen molar-refractivity contribution in [3.8, 4) is 11.5 Å². The van der Waals surface area contributed by atoms with Gasteiger partial charge >= 0.3 is 0 Å². The second-order valence-electron chi connectivity index (χ2n) is 9.43. The molecule has 0 saturated carbocycles. The molecule has 39 heavy (non-hydrogen) atoms. The Morgan fingerprint density at radius 1 is 1.00 bits per heavy atom. The van der Waals surface area contributed by atoms with Crippen LogP contribution in [-0.4, -0.2) is 40.2 Å². The van der Waals surface area contributed by atoms with Crippen molar-refractivity contribution >= 4 is 63.0 Å². The first-order chi connectivity index (χ1) is 18.8.